The number of carbonyl (C=O) groups excluding carboxylic acids is 1. The van der Waals surface area contributed by atoms with Crippen molar-refractivity contribution in [2.24, 2.45) is 0 Å². The van der Waals surface area contributed by atoms with E-state index in [0.717, 1.165) is 6.42 Å². The summed E-state index contributed by atoms with van der Waals surface area (Å²) in [5.74, 6) is 0.153. The summed E-state index contributed by atoms with van der Waals surface area (Å²) in [5, 5.41) is 0. The molecule has 0 spiro atoms. The maximum atomic E-state index is 12.8. The van der Waals surface area contributed by atoms with E-state index in [1.807, 2.05) is 19.9 Å². The molecular weight excluding hydrogens is 348 g/mol. The molecule has 1 aromatic carbocycles. The fourth-order valence-electron chi connectivity index (χ4n) is 2.70. The van der Waals surface area contributed by atoms with E-state index in [1.165, 1.54) is 9.47 Å². The molecule has 2 aromatic rings. The molecule has 0 fully saturated rings. The number of carbonyl (C=O) groups is 1. The van der Waals surface area contributed by atoms with E-state index in [-0.39, 0.29) is 18.1 Å². The van der Waals surface area contributed by atoms with Crippen molar-refractivity contribution < 1.29 is 9.53 Å². The summed E-state index contributed by atoms with van der Waals surface area (Å²) in [6.45, 7) is 4.30. The van der Waals surface area contributed by atoms with Gasteiger partial charge in [0.2, 0.25) is 0 Å². The van der Waals surface area contributed by atoms with Crippen LogP contribution in [0.25, 0.3) is 0 Å². The second kappa shape index (κ2) is 9.61. The molecule has 1 amide bonds. The molecule has 0 aliphatic rings. The summed E-state index contributed by atoms with van der Waals surface area (Å²) in [5.41, 5.74) is 4.85. The van der Waals surface area contributed by atoms with Crippen LogP contribution >= 0.6 is 0 Å². The van der Waals surface area contributed by atoms with E-state index < -0.39 is 17.2 Å². The fraction of sp³-hybridized carbons (Fsp3) is 0.421. The number of para-hydroxylation sites is 1. The topological polar surface area (TPSA) is 110 Å². The van der Waals surface area contributed by atoms with Crippen molar-refractivity contribution in [3.63, 3.8) is 0 Å². The molecule has 0 unspecified atom stereocenters. The van der Waals surface area contributed by atoms with Crippen LogP contribution in [-0.4, -0.2) is 28.6 Å². The number of nitrogens with one attached hydrogen (secondary N) is 1. The largest absolute Gasteiger partial charge is 0.484 e. The van der Waals surface area contributed by atoms with Crippen molar-refractivity contribution in [2.75, 3.05) is 23.8 Å². The monoisotopic (exact) mass is 374 g/mol. The van der Waals surface area contributed by atoms with Gasteiger partial charge in [-0.15, -0.1) is 0 Å². The number of hydrogen-bond donors (Lipinski definition) is 2. The Labute approximate surface area is 157 Å². The normalized spacial score (nSPS) is 10.6. The summed E-state index contributed by atoms with van der Waals surface area (Å²) in [6, 6.07) is 8.94. The second-order valence-electron chi connectivity index (χ2n) is 6.15. The average Bonchev–Trinajstić information content (AvgIpc) is 2.66. The lowest BCUT2D eigenvalue weighted by molar-refractivity contribution is -0.120. The maximum Gasteiger partial charge on any atom is 0.330 e. The van der Waals surface area contributed by atoms with E-state index in [4.69, 9.17) is 10.5 Å². The Morgan fingerprint density at radius 3 is 2.52 bits per heavy atom. The Kier molecular flexibility index (Phi) is 7.22. The quantitative estimate of drug-likeness (QED) is 0.695. The van der Waals surface area contributed by atoms with Crippen molar-refractivity contribution in [1.82, 2.24) is 9.55 Å². The molecule has 1 heterocycles. The van der Waals surface area contributed by atoms with Crippen molar-refractivity contribution in [2.45, 2.75) is 39.7 Å². The number of anilines is 2. The van der Waals surface area contributed by atoms with Gasteiger partial charge in [-0.2, -0.15) is 0 Å². The van der Waals surface area contributed by atoms with Gasteiger partial charge in [0, 0.05) is 13.1 Å². The van der Waals surface area contributed by atoms with E-state index in [2.05, 4.69) is 4.98 Å². The molecule has 0 saturated carbocycles. The number of benzene rings is 1. The van der Waals surface area contributed by atoms with Gasteiger partial charge >= 0.3 is 5.69 Å². The highest BCUT2D eigenvalue weighted by Gasteiger charge is 2.24. The van der Waals surface area contributed by atoms with Crippen molar-refractivity contribution in [3.05, 3.63) is 51.2 Å². The molecule has 1 aromatic heterocycles. The highest BCUT2D eigenvalue weighted by atomic mass is 16.5. The number of unbranched alkanes of at least 4 members (excludes halogenated alkanes) is 1. The van der Waals surface area contributed by atoms with Gasteiger partial charge < -0.3 is 15.4 Å². The Morgan fingerprint density at radius 2 is 1.89 bits per heavy atom. The molecule has 8 nitrogen and oxygen atoms in total. The number of nitrogens with two attached hydrogens (primary N) is 1. The maximum absolute atomic E-state index is 12.8. The number of nitrogen functional groups attached to an aromatic ring is 1. The first-order chi connectivity index (χ1) is 13.0. The zero-order valence-corrected chi connectivity index (χ0v) is 15.7. The van der Waals surface area contributed by atoms with Crippen molar-refractivity contribution in [1.29, 1.82) is 0 Å². The van der Waals surface area contributed by atoms with Gasteiger partial charge in [-0.25, -0.2) is 4.79 Å². The summed E-state index contributed by atoms with van der Waals surface area (Å²) in [4.78, 5) is 40.8. The van der Waals surface area contributed by atoms with Gasteiger partial charge in [0.05, 0.1) is 0 Å². The highest BCUT2D eigenvalue weighted by molar-refractivity contribution is 5.96. The van der Waals surface area contributed by atoms with Crippen LogP contribution in [0.3, 0.4) is 0 Å². The first kappa shape index (κ1) is 20.3. The summed E-state index contributed by atoms with van der Waals surface area (Å²) in [6.07, 6.45) is 2.17. The van der Waals surface area contributed by atoms with E-state index in [9.17, 15) is 14.4 Å². The van der Waals surface area contributed by atoms with Gasteiger partial charge in [-0.3, -0.25) is 19.1 Å². The number of H-pyrrole nitrogens is 1. The Hall–Kier alpha value is -3.03. The van der Waals surface area contributed by atoms with Crippen LogP contribution in [0.5, 0.6) is 5.75 Å². The van der Waals surface area contributed by atoms with E-state index >= 15 is 0 Å². The van der Waals surface area contributed by atoms with E-state index in [1.54, 1.807) is 24.3 Å². The van der Waals surface area contributed by atoms with Gasteiger partial charge in [-0.05, 0) is 25.0 Å². The van der Waals surface area contributed by atoms with Crippen molar-refractivity contribution in [3.8, 4) is 5.75 Å². The predicted octanol–water partition coefficient (Wildman–Crippen LogP) is 1.74. The predicted molar refractivity (Wildman–Crippen MR) is 105 cm³/mol. The molecule has 2 rings (SSSR count). The second-order valence-corrected chi connectivity index (χ2v) is 6.15. The lowest BCUT2D eigenvalue weighted by atomic mass is 10.2. The standard InChI is InChI=1S/C19H26N4O4/c1-3-5-12-22(15(24)13-27-14-9-7-6-8-10-14)16-17(20)23(11-4-2)19(26)21-18(16)25/h6-10H,3-5,11-13,20H2,1-2H3,(H,21,25,26). The third-order valence-corrected chi connectivity index (χ3v) is 4.07. The lowest BCUT2D eigenvalue weighted by Gasteiger charge is -2.24. The molecule has 27 heavy (non-hydrogen) atoms. The summed E-state index contributed by atoms with van der Waals surface area (Å²) >= 11 is 0. The number of ether oxygens (including phenoxy) is 1. The van der Waals surface area contributed by atoms with Crippen LogP contribution in [0.1, 0.15) is 33.1 Å². The molecule has 0 saturated heterocycles. The first-order valence-electron chi connectivity index (χ1n) is 9.10. The van der Waals surface area contributed by atoms with Crippen LogP contribution in [0.4, 0.5) is 11.5 Å². The molecular formula is C19H26N4O4. The van der Waals surface area contributed by atoms with Gasteiger partial charge in [-0.1, -0.05) is 38.5 Å². The van der Waals surface area contributed by atoms with Crippen LogP contribution in [0, 0.1) is 0 Å². The van der Waals surface area contributed by atoms with Crippen LogP contribution < -0.4 is 26.6 Å². The van der Waals surface area contributed by atoms with Crippen LogP contribution in [-0.2, 0) is 11.3 Å². The first-order valence-corrected chi connectivity index (χ1v) is 9.10. The van der Waals surface area contributed by atoms with Crippen LogP contribution in [0.2, 0.25) is 0 Å². The van der Waals surface area contributed by atoms with Crippen LogP contribution in [0.15, 0.2) is 39.9 Å². The molecule has 8 heteroatoms. The van der Waals surface area contributed by atoms with E-state index in [0.29, 0.717) is 31.7 Å². The molecule has 0 aliphatic heterocycles. The number of amides is 1. The molecule has 3 N–H and O–H groups in total. The third kappa shape index (κ3) is 4.99. The fourth-order valence-corrected chi connectivity index (χ4v) is 2.70. The van der Waals surface area contributed by atoms with Crippen molar-refractivity contribution >= 4 is 17.4 Å². The zero-order valence-electron chi connectivity index (χ0n) is 15.7. The molecule has 0 atom stereocenters. The Bertz CT molecular complexity index is 874. The molecule has 0 radical (unpaired) electrons. The summed E-state index contributed by atoms with van der Waals surface area (Å²) in [7, 11) is 0. The van der Waals surface area contributed by atoms with Gasteiger partial charge in [0.25, 0.3) is 11.5 Å². The minimum absolute atomic E-state index is 0.00170. The number of rotatable bonds is 9. The smallest absolute Gasteiger partial charge is 0.330 e. The SMILES string of the molecule is CCCCN(C(=O)COc1ccccc1)c1c(N)n(CCC)c(=O)[nH]c1=O. The molecule has 0 bridgehead atoms. The highest BCUT2D eigenvalue weighted by Crippen LogP contribution is 2.18. The lowest BCUT2D eigenvalue weighted by Crippen LogP contribution is -2.43. The zero-order chi connectivity index (χ0) is 19.8. The Morgan fingerprint density at radius 1 is 1.19 bits per heavy atom. The number of aromatic amines is 1. The number of aromatic nitrogens is 2. The molecule has 0 aliphatic carbocycles. The minimum atomic E-state index is -0.672. The third-order valence-electron chi connectivity index (χ3n) is 4.07. The number of hydrogen-bond acceptors (Lipinski definition) is 5. The van der Waals surface area contributed by atoms with Gasteiger partial charge in [0.1, 0.15) is 11.6 Å². The number of nitrogens with zero attached hydrogens (tertiary/aromatic N) is 2. The average molecular weight is 374 g/mol. The van der Waals surface area contributed by atoms with Gasteiger partial charge in [0.15, 0.2) is 12.3 Å². The summed E-state index contributed by atoms with van der Waals surface area (Å²) < 4.78 is 6.80. The Balaban J connectivity index is 2.35. The molecule has 146 valence electrons. The minimum Gasteiger partial charge on any atom is -0.484 e.